The maximum Gasteiger partial charge on any atom is 0.446 e. The third-order valence-corrected chi connectivity index (χ3v) is 3.76. The van der Waals surface area contributed by atoms with Crippen LogP contribution >= 0.6 is 11.8 Å². The van der Waals surface area contributed by atoms with Gasteiger partial charge in [0.25, 0.3) is 0 Å². The minimum Gasteiger partial charge on any atom is -0.197 e. The van der Waals surface area contributed by atoms with Crippen LogP contribution in [0.3, 0.4) is 0 Å². The van der Waals surface area contributed by atoms with Crippen LogP contribution in [-0.2, 0) is 5.41 Å². The molecular formula is C12H10F3NS. The Bertz CT molecular complexity index is 458. The van der Waals surface area contributed by atoms with Crippen molar-refractivity contribution < 1.29 is 13.2 Å². The number of rotatable bonds is 2. The summed E-state index contributed by atoms with van der Waals surface area (Å²) in [5.74, 6) is 0. The number of benzene rings is 1. The van der Waals surface area contributed by atoms with E-state index < -0.39 is 10.9 Å². The molecule has 1 aliphatic rings. The van der Waals surface area contributed by atoms with Crippen molar-refractivity contribution in [2.75, 3.05) is 0 Å². The highest BCUT2D eigenvalue weighted by molar-refractivity contribution is 8.00. The summed E-state index contributed by atoms with van der Waals surface area (Å²) in [6.45, 7) is 0. The Hall–Kier alpha value is -1.15. The van der Waals surface area contributed by atoms with Gasteiger partial charge in [-0.25, -0.2) is 0 Å². The molecule has 0 unspecified atom stereocenters. The smallest absolute Gasteiger partial charge is 0.197 e. The van der Waals surface area contributed by atoms with Crippen molar-refractivity contribution in [3.8, 4) is 6.07 Å². The molecule has 0 amide bonds. The Morgan fingerprint density at radius 2 is 2.00 bits per heavy atom. The van der Waals surface area contributed by atoms with Gasteiger partial charge in [0.05, 0.1) is 11.5 Å². The van der Waals surface area contributed by atoms with Gasteiger partial charge in [0.15, 0.2) is 0 Å². The van der Waals surface area contributed by atoms with E-state index >= 15 is 0 Å². The third-order valence-electron chi connectivity index (χ3n) is 3.04. The topological polar surface area (TPSA) is 23.8 Å². The molecule has 0 bridgehead atoms. The van der Waals surface area contributed by atoms with Crippen molar-refractivity contribution in [2.24, 2.45) is 0 Å². The molecule has 0 atom stereocenters. The van der Waals surface area contributed by atoms with Gasteiger partial charge in [0.2, 0.25) is 0 Å². The first-order chi connectivity index (χ1) is 7.95. The molecule has 1 fully saturated rings. The maximum absolute atomic E-state index is 12.2. The minimum atomic E-state index is -4.28. The molecule has 0 spiro atoms. The molecule has 2 rings (SSSR count). The predicted octanol–water partition coefficient (Wildman–Crippen LogP) is 4.24. The lowest BCUT2D eigenvalue weighted by Crippen LogP contribution is -2.32. The Kier molecular flexibility index (Phi) is 3.09. The molecule has 17 heavy (non-hydrogen) atoms. The van der Waals surface area contributed by atoms with E-state index in [0.717, 1.165) is 19.3 Å². The highest BCUT2D eigenvalue weighted by Crippen LogP contribution is 2.45. The van der Waals surface area contributed by atoms with Gasteiger partial charge in [-0.2, -0.15) is 18.4 Å². The zero-order valence-electron chi connectivity index (χ0n) is 8.92. The molecule has 0 N–H and O–H groups in total. The van der Waals surface area contributed by atoms with Gasteiger partial charge in [-0.05, 0) is 48.7 Å². The van der Waals surface area contributed by atoms with Crippen LogP contribution in [0.2, 0.25) is 0 Å². The zero-order valence-corrected chi connectivity index (χ0v) is 9.74. The van der Waals surface area contributed by atoms with Crippen molar-refractivity contribution in [3.63, 3.8) is 0 Å². The van der Waals surface area contributed by atoms with Crippen molar-refractivity contribution in [2.45, 2.75) is 35.1 Å². The van der Waals surface area contributed by atoms with Crippen LogP contribution in [0.1, 0.15) is 24.8 Å². The van der Waals surface area contributed by atoms with Crippen molar-refractivity contribution in [3.05, 3.63) is 29.8 Å². The van der Waals surface area contributed by atoms with Crippen LogP contribution in [-0.4, -0.2) is 5.51 Å². The average molecular weight is 257 g/mol. The molecule has 1 saturated carbocycles. The van der Waals surface area contributed by atoms with E-state index in [2.05, 4.69) is 6.07 Å². The second kappa shape index (κ2) is 4.26. The van der Waals surface area contributed by atoms with Crippen LogP contribution in [0.4, 0.5) is 13.2 Å². The van der Waals surface area contributed by atoms with Crippen LogP contribution in [0.25, 0.3) is 0 Å². The minimum absolute atomic E-state index is 0.133. The van der Waals surface area contributed by atoms with E-state index in [1.54, 1.807) is 12.1 Å². The molecule has 0 saturated heterocycles. The summed E-state index contributed by atoms with van der Waals surface area (Å²) in [6.07, 6.45) is 2.44. The molecule has 1 aromatic carbocycles. The van der Waals surface area contributed by atoms with Crippen LogP contribution in [0, 0.1) is 11.3 Å². The lowest BCUT2D eigenvalue weighted by atomic mass is 9.66. The first kappa shape index (κ1) is 12.3. The molecule has 1 aromatic rings. The number of nitriles is 1. The fourth-order valence-corrected chi connectivity index (χ4v) is 2.59. The van der Waals surface area contributed by atoms with Gasteiger partial charge >= 0.3 is 5.51 Å². The number of halogens is 3. The second-order valence-electron chi connectivity index (χ2n) is 4.12. The van der Waals surface area contributed by atoms with Crippen LogP contribution in [0.15, 0.2) is 29.2 Å². The highest BCUT2D eigenvalue weighted by atomic mass is 32.2. The first-order valence-electron chi connectivity index (χ1n) is 5.23. The van der Waals surface area contributed by atoms with Gasteiger partial charge in [-0.1, -0.05) is 12.1 Å². The second-order valence-corrected chi connectivity index (χ2v) is 5.26. The van der Waals surface area contributed by atoms with Gasteiger partial charge in [0, 0.05) is 4.90 Å². The van der Waals surface area contributed by atoms with E-state index in [0.29, 0.717) is 5.56 Å². The van der Waals surface area contributed by atoms with E-state index in [9.17, 15) is 13.2 Å². The Labute approximate surface area is 102 Å². The molecule has 0 radical (unpaired) electrons. The van der Waals surface area contributed by atoms with Gasteiger partial charge in [0.1, 0.15) is 0 Å². The molecule has 90 valence electrons. The Balaban J connectivity index is 2.26. The SMILES string of the molecule is N#CC1(c2cccc(SC(F)(F)F)c2)CCC1. The van der Waals surface area contributed by atoms with Crippen molar-refractivity contribution in [1.82, 2.24) is 0 Å². The Morgan fingerprint density at radius 1 is 1.29 bits per heavy atom. The summed E-state index contributed by atoms with van der Waals surface area (Å²) in [4.78, 5) is 0.150. The number of nitrogens with zero attached hydrogens (tertiary/aromatic N) is 1. The Morgan fingerprint density at radius 3 is 2.47 bits per heavy atom. The monoisotopic (exact) mass is 257 g/mol. The summed E-state index contributed by atoms with van der Waals surface area (Å²) in [5.41, 5.74) is -4.12. The lowest BCUT2D eigenvalue weighted by Gasteiger charge is -2.35. The normalized spacial score (nSPS) is 18.2. The molecule has 0 heterocycles. The maximum atomic E-state index is 12.2. The number of hydrogen-bond acceptors (Lipinski definition) is 2. The van der Waals surface area contributed by atoms with Crippen molar-refractivity contribution >= 4 is 11.8 Å². The van der Waals surface area contributed by atoms with Crippen molar-refractivity contribution in [1.29, 1.82) is 5.26 Å². The van der Waals surface area contributed by atoms with Gasteiger partial charge in [-0.3, -0.25) is 0 Å². The van der Waals surface area contributed by atoms with E-state index in [1.165, 1.54) is 12.1 Å². The van der Waals surface area contributed by atoms with Crippen LogP contribution in [0.5, 0.6) is 0 Å². The summed E-state index contributed by atoms with van der Waals surface area (Å²) < 4.78 is 36.7. The highest BCUT2D eigenvalue weighted by Gasteiger charge is 2.39. The fraction of sp³-hybridized carbons (Fsp3) is 0.417. The fourth-order valence-electron chi connectivity index (χ4n) is 1.99. The molecular weight excluding hydrogens is 247 g/mol. The quantitative estimate of drug-likeness (QED) is 0.740. The molecule has 0 aromatic heterocycles. The van der Waals surface area contributed by atoms with E-state index in [1.807, 2.05) is 0 Å². The first-order valence-corrected chi connectivity index (χ1v) is 6.04. The van der Waals surface area contributed by atoms with Gasteiger partial charge < -0.3 is 0 Å². The third kappa shape index (κ3) is 2.58. The number of hydrogen-bond donors (Lipinski definition) is 0. The van der Waals surface area contributed by atoms with Gasteiger partial charge in [-0.15, -0.1) is 0 Å². The summed E-state index contributed by atoms with van der Waals surface area (Å²) >= 11 is -0.133. The van der Waals surface area contributed by atoms with E-state index in [4.69, 9.17) is 5.26 Å². The molecule has 0 aliphatic heterocycles. The van der Waals surface area contributed by atoms with Crippen LogP contribution < -0.4 is 0 Å². The molecule has 5 heteroatoms. The number of alkyl halides is 3. The molecule has 1 aliphatic carbocycles. The largest absolute Gasteiger partial charge is 0.446 e. The average Bonchev–Trinajstić information content (AvgIpc) is 2.14. The molecule has 1 nitrogen and oxygen atoms in total. The summed E-state index contributed by atoms with van der Waals surface area (Å²) in [7, 11) is 0. The zero-order chi connectivity index (χ0) is 12.5. The summed E-state index contributed by atoms with van der Waals surface area (Å²) in [6, 6.07) is 8.46. The van der Waals surface area contributed by atoms with E-state index in [-0.39, 0.29) is 16.7 Å². The lowest BCUT2D eigenvalue weighted by molar-refractivity contribution is -0.0328. The number of thioether (sulfide) groups is 1. The predicted molar refractivity (Wildman–Crippen MR) is 59.5 cm³/mol. The standard InChI is InChI=1S/C12H10F3NS/c13-12(14,15)17-10-4-1-3-9(7-10)11(8-16)5-2-6-11/h1,3-4,7H,2,5-6H2. The summed E-state index contributed by atoms with van der Waals surface area (Å²) in [5, 5.41) is 9.13.